The topological polar surface area (TPSA) is 68.3 Å². The van der Waals surface area contributed by atoms with E-state index in [4.69, 9.17) is 5.73 Å². The summed E-state index contributed by atoms with van der Waals surface area (Å²) in [7, 11) is 0. The molecule has 0 saturated carbocycles. The number of amides is 2. The van der Waals surface area contributed by atoms with Crippen LogP contribution in [0.3, 0.4) is 0 Å². The molecule has 2 amide bonds. The van der Waals surface area contributed by atoms with Crippen LogP contribution < -0.4 is 5.73 Å². The Hall–Kier alpha value is -3.08. The first kappa shape index (κ1) is 17.3. The number of likely N-dealkylation sites (tertiary alicyclic amines) is 1. The minimum Gasteiger partial charge on any atom is -0.369 e. The van der Waals surface area contributed by atoms with Gasteiger partial charge in [0.05, 0.1) is 11.4 Å². The van der Waals surface area contributed by atoms with Crippen molar-refractivity contribution in [3.63, 3.8) is 0 Å². The van der Waals surface area contributed by atoms with E-state index in [2.05, 4.69) is 4.57 Å². The second-order valence-electron chi connectivity index (χ2n) is 7.17. The Balaban J connectivity index is 1.63. The fourth-order valence-electron chi connectivity index (χ4n) is 3.69. The van der Waals surface area contributed by atoms with Crippen LogP contribution in [-0.2, 0) is 4.79 Å². The smallest absolute Gasteiger partial charge is 0.253 e. The van der Waals surface area contributed by atoms with Crippen LogP contribution in [0, 0.1) is 0 Å². The van der Waals surface area contributed by atoms with E-state index in [9.17, 15) is 9.59 Å². The molecule has 138 valence electrons. The largest absolute Gasteiger partial charge is 0.369 e. The lowest BCUT2D eigenvalue weighted by Crippen LogP contribution is -2.27. The van der Waals surface area contributed by atoms with Gasteiger partial charge in [-0.05, 0) is 61.7 Å². The summed E-state index contributed by atoms with van der Waals surface area (Å²) in [4.78, 5) is 25.9. The molecule has 2 aromatic carbocycles. The van der Waals surface area contributed by atoms with E-state index in [1.807, 2.05) is 59.6 Å². The number of rotatable bonds is 4. The number of primary amides is 1. The van der Waals surface area contributed by atoms with E-state index in [0.29, 0.717) is 0 Å². The average molecular weight is 361 g/mol. The molecular weight excluding hydrogens is 338 g/mol. The molecule has 2 N–H and O–H groups in total. The molecule has 3 aromatic rings. The molecule has 5 nitrogen and oxygen atoms in total. The van der Waals surface area contributed by atoms with Crippen LogP contribution in [0.2, 0.25) is 0 Å². The van der Waals surface area contributed by atoms with Gasteiger partial charge in [0, 0.05) is 35.9 Å². The predicted octanol–water partition coefficient (Wildman–Crippen LogP) is 3.46. The fourth-order valence-corrected chi connectivity index (χ4v) is 3.69. The maximum Gasteiger partial charge on any atom is 0.253 e. The highest BCUT2D eigenvalue weighted by Gasteiger charge is 2.20. The molecule has 1 fully saturated rings. The summed E-state index contributed by atoms with van der Waals surface area (Å²) < 4.78 is 2.08. The third-order valence-electron chi connectivity index (χ3n) is 5.43. The lowest BCUT2D eigenvalue weighted by molar-refractivity contribution is -0.119. The quantitative estimate of drug-likeness (QED) is 0.773. The number of nitrogens with two attached hydrogens (primary N) is 1. The molecule has 27 heavy (non-hydrogen) atoms. The Morgan fingerprint density at radius 1 is 1.00 bits per heavy atom. The predicted molar refractivity (Wildman–Crippen MR) is 106 cm³/mol. The van der Waals surface area contributed by atoms with Gasteiger partial charge in [0.15, 0.2) is 0 Å². The van der Waals surface area contributed by atoms with Gasteiger partial charge in [-0.2, -0.15) is 0 Å². The van der Waals surface area contributed by atoms with Crippen LogP contribution in [0.5, 0.6) is 0 Å². The van der Waals surface area contributed by atoms with Gasteiger partial charge in [-0.15, -0.1) is 0 Å². The summed E-state index contributed by atoms with van der Waals surface area (Å²) in [6.07, 6.45) is 4.19. The number of aromatic nitrogens is 1. The van der Waals surface area contributed by atoms with Crippen molar-refractivity contribution in [3.8, 4) is 5.69 Å². The van der Waals surface area contributed by atoms with Crippen molar-refractivity contribution in [1.82, 2.24) is 9.47 Å². The highest BCUT2D eigenvalue weighted by atomic mass is 16.2. The van der Waals surface area contributed by atoms with Crippen molar-refractivity contribution >= 4 is 22.7 Å². The van der Waals surface area contributed by atoms with Crippen LogP contribution in [-0.4, -0.2) is 34.4 Å². The van der Waals surface area contributed by atoms with E-state index < -0.39 is 0 Å². The Morgan fingerprint density at radius 2 is 1.70 bits per heavy atom. The lowest BCUT2D eigenvalue weighted by atomic mass is 10.0. The van der Waals surface area contributed by atoms with E-state index in [0.717, 1.165) is 53.6 Å². The van der Waals surface area contributed by atoms with E-state index in [-0.39, 0.29) is 17.7 Å². The van der Waals surface area contributed by atoms with Crippen molar-refractivity contribution in [1.29, 1.82) is 0 Å². The molecule has 0 aliphatic carbocycles. The molecule has 1 aliphatic heterocycles. The van der Waals surface area contributed by atoms with Crippen molar-refractivity contribution in [2.75, 3.05) is 13.1 Å². The standard InChI is InChI=1S/C22H23N3O2/c1-15(21(23)26)16-4-7-19(8-5-16)25-13-10-17-14-18(6-9-20(17)25)22(27)24-11-2-3-12-24/h4-10,13-15H,2-3,11-12H2,1H3,(H2,23,26). The Bertz CT molecular complexity index is 998. The van der Waals surface area contributed by atoms with Gasteiger partial charge in [0.2, 0.25) is 5.91 Å². The zero-order valence-electron chi connectivity index (χ0n) is 15.4. The molecule has 5 heteroatoms. The van der Waals surface area contributed by atoms with Crippen molar-refractivity contribution in [3.05, 3.63) is 65.9 Å². The SMILES string of the molecule is CC(C(N)=O)c1ccc(-n2ccc3cc(C(=O)N4CCCC4)ccc32)cc1. The van der Waals surface area contributed by atoms with Crippen LogP contribution >= 0.6 is 0 Å². The molecule has 1 saturated heterocycles. The molecule has 0 radical (unpaired) electrons. The number of nitrogens with zero attached hydrogens (tertiary/aromatic N) is 2. The third-order valence-corrected chi connectivity index (χ3v) is 5.43. The fraction of sp³-hybridized carbons (Fsp3) is 0.273. The number of hydrogen-bond acceptors (Lipinski definition) is 2. The zero-order chi connectivity index (χ0) is 19.0. The first-order valence-electron chi connectivity index (χ1n) is 9.34. The highest BCUT2D eigenvalue weighted by molar-refractivity contribution is 5.98. The number of benzene rings is 2. The summed E-state index contributed by atoms with van der Waals surface area (Å²) in [6, 6.07) is 15.7. The van der Waals surface area contributed by atoms with Gasteiger partial charge in [-0.1, -0.05) is 12.1 Å². The number of fused-ring (bicyclic) bond motifs is 1. The second-order valence-corrected chi connectivity index (χ2v) is 7.17. The second kappa shape index (κ2) is 6.91. The summed E-state index contributed by atoms with van der Waals surface area (Å²) in [5, 5.41) is 1.04. The molecular formula is C22H23N3O2. The first-order chi connectivity index (χ1) is 13.0. The molecule has 1 aromatic heterocycles. The van der Waals surface area contributed by atoms with Gasteiger partial charge >= 0.3 is 0 Å². The van der Waals surface area contributed by atoms with Crippen LogP contribution in [0.1, 0.15) is 41.6 Å². The van der Waals surface area contributed by atoms with Crippen molar-refractivity contribution in [2.24, 2.45) is 5.73 Å². The van der Waals surface area contributed by atoms with Crippen molar-refractivity contribution in [2.45, 2.75) is 25.7 Å². The van der Waals surface area contributed by atoms with E-state index in [1.165, 1.54) is 0 Å². The molecule has 1 aliphatic rings. The lowest BCUT2D eigenvalue weighted by Gasteiger charge is -2.15. The van der Waals surface area contributed by atoms with Crippen LogP contribution in [0.15, 0.2) is 54.7 Å². The number of carbonyl (C=O) groups is 2. The van der Waals surface area contributed by atoms with Crippen LogP contribution in [0.4, 0.5) is 0 Å². The van der Waals surface area contributed by atoms with Crippen LogP contribution in [0.25, 0.3) is 16.6 Å². The normalized spacial score (nSPS) is 15.2. The summed E-state index contributed by atoms with van der Waals surface area (Å²) in [6.45, 7) is 3.52. The minimum absolute atomic E-state index is 0.118. The first-order valence-corrected chi connectivity index (χ1v) is 9.34. The number of carbonyl (C=O) groups excluding carboxylic acids is 2. The molecule has 4 rings (SSSR count). The summed E-state index contributed by atoms with van der Waals surface area (Å²) >= 11 is 0. The maximum atomic E-state index is 12.6. The Kier molecular flexibility index (Phi) is 4.44. The highest BCUT2D eigenvalue weighted by Crippen LogP contribution is 2.24. The molecule has 2 heterocycles. The molecule has 0 bridgehead atoms. The zero-order valence-corrected chi connectivity index (χ0v) is 15.4. The van der Waals surface area contributed by atoms with Gasteiger partial charge in [-0.25, -0.2) is 0 Å². The van der Waals surface area contributed by atoms with Crippen molar-refractivity contribution < 1.29 is 9.59 Å². The molecule has 1 atom stereocenters. The van der Waals surface area contributed by atoms with Gasteiger partial charge in [-0.3, -0.25) is 9.59 Å². The summed E-state index contributed by atoms with van der Waals surface area (Å²) in [5.41, 5.74) is 9.08. The van der Waals surface area contributed by atoms with Gasteiger partial charge in [0.1, 0.15) is 0 Å². The maximum absolute atomic E-state index is 12.6. The third kappa shape index (κ3) is 3.21. The minimum atomic E-state index is -0.329. The van der Waals surface area contributed by atoms with E-state index in [1.54, 1.807) is 6.92 Å². The number of hydrogen-bond donors (Lipinski definition) is 1. The molecule has 1 unspecified atom stereocenters. The summed E-state index contributed by atoms with van der Waals surface area (Å²) in [5.74, 6) is -0.518. The molecule has 0 spiro atoms. The van der Waals surface area contributed by atoms with Gasteiger partial charge < -0.3 is 15.2 Å². The Morgan fingerprint density at radius 3 is 2.37 bits per heavy atom. The monoisotopic (exact) mass is 361 g/mol. The van der Waals surface area contributed by atoms with E-state index >= 15 is 0 Å². The average Bonchev–Trinajstić information content (AvgIpc) is 3.36. The Labute approximate surface area is 158 Å². The van der Waals surface area contributed by atoms with Gasteiger partial charge in [0.25, 0.3) is 5.91 Å².